The molecule has 0 saturated carbocycles. The van der Waals surface area contributed by atoms with Crippen LogP contribution in [0, 0.1) is 5.92 Å². The van der Waals surface area contributed by atoms with Gasteiger partial charge in [-0.3, -0.25) is 0 Å². The third-order valence-electron chi connectivity index (χ3n) is 4.32. The lowest BCUT2D eigenvalue weighted by atomic mass is 9.84. The molecule has 16 heavy (non-hydrogen) atoms. The van der Waals surface area contributed by atoms with Gasteiger partial charge in [0.15, 0.2) is 0 Å². The largest absolute Gasteiger partial charge is 0.373 e. The Kier molecular flexibility index (Phi) is 1.83. The molecule has 2 heteroatoms. The van der Waals surface area contributed by atoms with Crippen LogP contribution < -0.4 is 4.90 Å². The smallest absolute Gasteiger partial charge is 0.0889 e. The number of hydrogen-bond donors (Lipinski definition) is 0. The number of hydrogen-bond acceptors (Lipinski definition) is 2. The average molecular weight is 215 g/mol. The standard InChI is InChI=1S/C14H17NO/c1-3-10-6-7-15-9-11-4-2-8-16-14(11)12(5-1)13(10)15/h1,3,5,11,14H,2,4,6-9H2. The first-order valence-corrected chi connectivity index (χ1v) is 6.42. The lowest BCUT2D eigenvalue weighted by Crippen LogP contribution is -2.39. The normalized spacial score (nSPS) is 31.1. The van der Waals surface area contributed by atoms with Crippen molar-refractivity contribution in [1.82, 2.24) is 0 Å². The number of ether oxygens (including phenoxy) is 1. The summed E-state index contributed by atoms with van der Waals surface area (Å²) < 4.78 is 6.01. The zero-order valence-corrected chi connectivity index (χ0v) is 9.48. The summed E-state index contributed by atoms with van der Waals surface area (Å²) in [6, 6.07) is 6.76. The van der Waals surface area contributed by atoms with E-state index in [0.29, 0.717) is 6.10 Å². The second-order valence-corrected chi connectivity index (χ2v) is 5.24. The highest BCUT2D eigenvalue weighted by atomic mass is 16.5. The quantitative estimate of drug-likeness (QED) is 0.659. The number of rotatable bonds is 0. The van der Waals surface area contributed by atoms with E-state index < -0.39 is 0 Å². The molecule has 1 saturated heterocycles. The van der Waals surface area contributed by atoms with E-state index in [0.717, 1.165) is 12.5 Å². The first-order valence-electron chi connectivity index (χ1n) is 6.42. The van der Waals surface area contributed by atoms with Crippen molar-refractivity contribution >= 4 is 5.69 Å². The lowest BCUT2D eigenvalue weighted by molar-refractivity contribution is -0.0288. The highest BCUT2D eigenvalue weighted by Crippen LogP contribution is 2.46. The maximum absolute atomic E-state index is 6.01. The third-order valence-corrected chi connectivity index (χ3v) is 4.32. The van der Waals surface area contributed by atoms with Gasteiger partial charge in [-0.05, 0) is 24.8 Å². The summed E-state index contributed by atoms with van der Waals surface area (Å²) in [5.41, 5.74) is 4.50. The monoisotopic (exact) mass is 215 g/mol. The van der Waals surface area contributed by atoms with Crippen LogP contribution in [0.4, 0.5) is 5.69 Å². The molecule has 1 aromatic carbocycles. The molecule has 1 fully saturated rings. The fraction of sp³-hybridized carbons (Fsp3) is 0.571. The van der Waals surface area contributed by atoms with Gasteiger partial charge >= 0.3 is 0 Å². The molecular formula is C14H17NO. The summed E-state index contributed by atoms with van der Waals surface area (Å²) in [5, 5.41) is 0. The van der Waals surface area contributed by atoms with E-state index in [1.807, 2.05) is 0 Å². The van der Waals surface area contributed by atoms with Gasteiger partial charge in [-0.15, -0.1) is 0 Å². The number of anilines is 1. The van der Waals surface area contributed by atoms with Gasteiger partial charge in [0.1, 0.15) is 0 Å². The second-order valence-electron chi connectivity index (χ2n) is 5.24. The van der Waals surface area contributed by atoms with Crippen molar-refractivity contribution in [3.05, 3.63) is 29.3 Å². The number of fused-ring (bicyclic) bond motifs is 2. The predicted octanol–water partition coefficient (Wildman–Crippen LogP) is 2.53. The van der Waals surface area contributed by atoms with Crippen molar-refractivity contribution in [2.75, 3.05) is 24.6 Å². The molecule has 3 aliphatic rings. The topological polar surface area (TPSA) is 12.5 Å². The highest BCUT2D eigenvalue weighted by Gasteiger charge is 2.38. The fourth-order valence-corrected chi connectivity index (χ4v) is 3.64. The molecule has 4 rings (SSSR count). The third kappa shape index (κ3) is 1.11. The van der Waals surface area contributed by atoms with E-state index in [1.165, 1.54) is 49.2 Å². The van der Waals surface area contributed by atoms with Gasteiger partial charge in [0.2, 0.25) is 0 Å². The zero-order chi connectivity index (χ0) is 10.5. The molecule has 0 N–H and O–H groups in total. The van der Waals surface area contributed by atoms with Gasteiger partial charge in [-0.25, -0.2) is 0 Å². The molecule has 0 aliphatic carbocycles. The summed E-state index contributed by atoms with van der Waals surface area (Å²) in [4.78, 5) is 2.58. The molecule has 0 amide bonds. The molecule has 2 atom stereocenters. The van der Waals surface area contributed by atoms with E-state index in [4.69, 9.17) is 4.74 Å². The van der Waals surface area contributed by atoms with E-state index in [2.05, 4.69) is 23.1 Å². The summed E-state index contributed by atoms with van der Waals surface area (Å²) in [7, 11) is 0. The van der Waals surface area contributed by atoms with E-state index in [9.17, 15) is 0 Å². The van der Waals surface area contributed by atoms with Crippen molar-refractivity contribution in [2.45, 2.75) is 25.4 Å². The van der Waals surface area contributed by atoms with Crippen LogP contribution in [0.5, 0.6) is 0 Å². The van der Waals surface area contributed by atoms with Crippen LogP contribution in [0.3, 0.4) is 0 Å². The summed E-state index contributed by atoms with van der Waals surface area (Å²) >= 11 is 0. The van der Waals surface area contributed by atoms with Crippen molar-refractivity contribution in [2.24, 2.45) is 5.92 Å². The van der Waals surface area contributed by atoms with Gasteiger partial charge in [0, 0.05) is 36.9 Å². The number of nitrogens with zero attached hydrogens (tertiary/aromatic N) is 1. The molecule has 0 aromatic heterocycles. The van der Waals surface area contributed by atoms with Gasteiger partial charge in [-0.2, -0.15) is 0 Å². The molecular weight excluding hydrogens is 198 g/mol. The minimum absolute atomic E-state index is 0.387. The van der Waals surface area contributed by atoms with Gasteiger partial charge in [0.25, 0.3) is 0 Å². The van der Waals surface area contributed by atoms with Crippen molar-refractivity contribution in [3.63, 3.8) is 0 Å². The van der Waals surface area contributed by atoms with E-state index >= 15 is 0 Å². The van der Waals surface area contributed by atoms with E-state index in [-0.39, 0.29) is 0 Å². The van der Waals surface area contributed by atoms with Gasteiger partial charge < -0.3 is 9.64 Å². The van der Waals surface area contributed by atoms with Crippen molar-refractivity contribution in [3.8, 4) is 0 Å². The first-order chi connectivity index (χ1) is 7.93. The Morgan fingerprint density at radius 3 is 3.31 bits per heavy atom. The number of benzene rings is 1. The maximum atomic E-state index is 6.01. The van der Waals surface area contributed by atoms with Crippen molar-refractivity contribution < 1.29 is 4.74 Å². The minimum atomic E-state index is 0.387. The Labute approximate surface area is 96.2 Å². The molecule has 2 unspecified atom stereocenters. The number of para-hydroxylation sites is 1. The highest BCUT2D eigenvalue weighted by molar-refractivity contribution is 5.65. The molecule has 3 aliphatic heterocycles. The van der Waals surface area contributed by atoms with E-state index in [1.54, 1.807) is 0 Å². The Hall–Kier alpha value is -1.02. The fourth-order valence-electron chi connectivity index (χ4n) is 3.64. The SMILES string of the molecule is c1cc2c3c(c1)C1OCCCC1CN3CC2. The molecule has 2 nitrogen and oxygen atoms in total. The lowest BCUT2D eigenvalue weighted by Gasteiger charge is -2.41. The Bertz CT molecular complexity index is 429. The van der Waals surface area contributed by atoms with Crippen LogP contribution in [0.1, 0.15) is 30.1 Å². The van der Waals surface area contributed by atoms with Crippen molar-refractivity contribution in [1.29, 1.82) is 0 Å². The Morgan fingerprint density at radius 1 is 1.31 bits per heavy atom. The van der Waals surface area contributed by atoms with Crippen LogP contribution in [0.2, 0.25) is 0 Å². The predicted molar refractivity (Wildman–Crippen MR) is 63.8 cm³/mol. The van der Waals surface area contributed by atoms with Crippen LogP contribution in [-0.4, -0.2) is 19.7 Å². The molecule has 3 heterocycles. The van der Waals surface area contributed by atoms with Crippen LogP contribution in [0.15, 0.2) is 18.2 Å². The molecule has 1 aromatic rings. The maximum Gasteiger partial charge on any atom is 0.0889 e. The van der Waals surface area contributed by atoms with Crippen LogP contribution in [-0.2, 0) is 11.2 Å². The Morgan fingerprint density at radius 2 is 2.31 bits per heavy atom. The Balaban J connectivity index is 1.86. The van der Waals surface area contributed by atoms with Gasteiger partial charge in [0.05, 0.1) is 6.10 Å². The zero-order valence-electron chi connectivity index (χ0n) is 9.48. The summed E-state index contributed by atoms with van der Waals surface area (Å²) in [6.45, 7) is 3.38. The van der Waals surface area contributed by atoms with Crippen LogP contribution >= 0.6 is 0 Å². The summed E-state index contributed by atoms with van der Waals surface area (Å²) in [6.07, 6.45) is 4.19. The molecule has 0 spiro atoms. The average Bonchev–Trinajstić information content (AvgIpc) is 2.75. The second kappa shape index (κ2) is 3.24. The first kappa shape index (κ1) is 9.06. The minimum Gasteiger partial charge on any atom is -0.373 e. The summed E-state index contributed by atoms with van der Waals surface area (Å²) in [5.74, 6) is 0.731. The molecule has 0 radical (unpaired) electrons. The molecule has 0 bridgehead atoms. The van der Waals surface area contributed by atoms with Gasteiger partial charge in [-0.1, -0.05) is 18.2 Å². The van der Waals surface area contributed by atoms with Crippen LogP contribution in [0.25, 0.3) is 0 Å². The molecule has 84 valence electrons.